The predicted molar refractivity (Wildman–Crippen MR) is 67.3 cm³/mol. The number of halogens is 3. The standard InChI is InChI=1S/C11H13BrCl2/c1-7(8(2)13)5-9-3-4-10(12)6-11(9)14/h3-4,6-8H,5H2,1-2H3. The van der Waals surface area contributed by atoms with E-state index in [4.69, 9.17) is 23.2 Å². The van der Waals surface area contributed by atoms with Gasteiger partial charge in [0.15, 0.2) is 0 Å². The zero-order valence-corrected chi connectivity index (χ0v) is 11.3. The third-order valence-corrected chi connectivity index (χ3v) is 3.62. The number of alkyl halides is 1. The van der Waals surface area contributed by atoms with E-state index in [2.05, 4.69) is 22.9 Å². The Labute approximate surface area is 104 Å². The van der Waals surface area contributed by atoms with Crippen LogP contribution in [0, 0.1) is 5.92 Å². The lowest BCUT2D eigenvalue weighted by Crippen LogP contribution is -2.10. The second-order valence-corrected chi connectivity index (χ2v) is 5.61. The van der Waals surface area contributed by atoms with E-state index in [0.717, 1.165) is 21.5 Å². The minimum absolute atomic E-state index is 0.176. The number of hydrogen-bond acceptors (Lipinski definition) is 0. The fourth-order valence-corrected chi connectivity index (χ4v) is 2.04. The van der Waals surface area contributed by atoms with Gasteiger partial charge in [0.2, 0.25) is 0 Å². The summed E-state index contributed by atoms with van der Waals surface area (Å²) in [5, 5.41) is 0.984. The Kier molecular flexibility index (Phi) is 4.75. The maximum atomic E-state index is 6.11. The lowest BCUT2D eigenvalue weighted by molar-refractivity contribution is 0.568. The van der Waals surface area contributed by atoms with E-state index < -0.39 is 0 Å². The SMILES string of the molecule is CC(Cl)C(C)Cc1ccc(Br)cc1Cl. The number of rotatable bonds is 3. The minimum Gasteiger partial charge on any atom is -0.123 e. The molecule has 2 unspecified atom stereocenters. The Hall–Kier alpha value is 0.280. The highest BCUT2D eigenvalue weighted by atomic mass is 79.9. The first-order chi connectivity index (χ1) is 6.50. The quantitative estimate of drug-likeness (QED) is 0.695. The van der Waals surface area contributed by atoms with E-state index in [9.17, 15) is 0 Å². The van der Waals surface area contributed by atoms with Gasteiger partial charge in [-0.1, -0.05) is 40.5 Å². The lowest BCUT2D eigenvalue weighted by Gasteiger charge is -2.14. The predicted octanol–water partition coefficient (Wildman–Crippen LogP) is 4.91. The summed E-state index contributed by atoms with van der Waals surface area (Å²) in [4.78, 5) is 0. The van der Waals surface area contributed by atoms with Crippen LogP contribution in [-0.4, -0.2) is 5.38 Å². The molecule has 0 aliphatic heterocycles. The van der Waals surface area contributed by atoms with Gasteiger partial charge in [-0.3, -0.25) is 0 Å². The van der Waals surface area contributed by atoms with E-state index in [1.54, 1.807) is 0 Å². The molecule has 0 aromatic heterocycles. The molecule has 3 heteroatoms. The van der Waals surface area contributed by atoms with Crippen LogP contribution < -0.4 is 0 Å². The lowest BCUT2D eigenvalue weighted by atomic mass is 9.99. The summed E-state index contributed by atoms with van der Waals surface area (Å²) in [5.74, 6) is 0.440. The second-order valence-electron chi connectivity index (χ2n) is 3.59. The summed E-state index contributed by atoms with van der Waals surface area (Å²) in [5.41, 5.74) is 1.16. The molecule has 0 saturated heterocycles. The largest absolute Gasteiger partial charge is 0.123 e. The molecule has 0 heterocycles. The normalized spacial score (nSPS) is 15.2. The molecule has 2 atom stereocenters. The van der Waals surface area contributed by atoms with E-state index in [0.29, 0.717) is 5.92 Å². The molecule has 0 aliphatic rings. The molecular formula is C11H13BrCl2. The minimum atomic E-state index is 0.176. The maximum absolute atomic E-state index is 6.11. The van der Waals surface area contributed by atoms with E-state index in [-0.39, 0.29) is 5.38 Å². The van der Waals surface area contributed by atoms with Gasteiger partial charge in [-0.15, -0.1) is 11.6 Å². The maximum Gasteiger partial charge on any atom is 0.0449 e. The number of benzene rings is 1. The van der Waals surface area contributed by atoms with Crippen LogP contribution in [0.3, 0.4) is 0 Å². The van der Waals surface area contributed by atoms with Crippen molar-refractivity contribution in [1.29, 1.82) is 0 Å². The van der Waals surface area contributed by atoms with Gasteiger partial charge >= 0.3 is 0 Å². The van der Waals surface area contributed by atoms with Gasteiger partial charge < -0.3 is 0 Å². The number of hydrogen-bond donors (Lipinski definition) is 0. The summed E-state index contributed by atoms with van der Waals surface area (Å²) < 4.78 is 1.01. The van der Waals surface area contributed by atoms with Gasteiger partial charge in [-0.05, 0) is 37.0 Å². The molecule has 0 spiro atoms. The zero-order chi connectivity index (χ0) is 10.7. The molecule has 0 radical (unpaired) electrons. The van der Waals surface area contributed by atoms with Gasteiger partial charge in [0.25, 0.3) is 0 Å². The summed E-state index contributed by atoms with van der Waals surface area (Å²) >= 11 is 15.5. The van der Waals surface area contributed by atoms with Crippen molar-refractivity contribution in [2.45, 2.75) is 25.6 Å². The molecule has 1 aromatic carbocycles. The van der Waals surface area contributed by atoms with Gasteiger partial charge in [0, 0.05) is 14.9 Å². The third kappa shape index (κ3) is 3.45. The highest BCUT2D eigenvalue weighted by Gasteiger charge is 2.11. The van der Waals surface area contributed by atoms with Gasteiger partial charge in [0.1, 0.15) is 0 Å². The van der Waals surface area contributed by atoms with Gasteiger partial charge in [-0.25, -0.2) is 0 Å². The Morgan fingerprint density at radius 3 is 2.50 bits per heavy atom. The third-order valence-electron chi connectivity index (χ3n) is 2.34. The zero-order valence-electron chi connectivity index (χ0n) is 8.23. The fraction of sp³-hybridized carbons (Fsp3) is 0.455. The van der Waals surface area contributed by atoms with Gasteiger partial charge in [0.05, 0.1) is 0 Å². The van der Waals surface area contributed by atoms with Crippen molar-refractivity contribution in [3.8, 4) is 0 Å². The molecule has 0 amide bonds. The van der Waals surface area contributed by atoms with Crippen molar-refractivity contribution in [1.82, 2.24) is 0 Å². The van der Waals surface area contributed by atoms with Crippen molar-refractivity contribution in [2.24, 2.45) is 5.92 Å². The summed E-state index contributed by atoms with van der Waals surface area (Å²) in [6, 6.07) is 5.97. The Morgan fingerprint density at radius 2 is 2.00 bits per heavy atom. The Balaban J connectivity index is 2.77. The average Bonchev–Trinajstić information content (AvgIpc) is 2.09. The molecule has 0 fully saturated rings. The molecule has 0 saturated carbocycles. The first kappa shape index (κ1) is 12.4. The molecule has 1 aromatic rings. The highest BCUT2D eigenvalue weighted by molar-refractivity contribution is 9.10. The molecule has 0 aliphatic carbocycles. The van der Waals surface area contributed by atoms with Crippen LogP contribution in [0.1, 0.15) is 19.4 Å². The second kappa shape index (κ2) is 5.39. The Bertz CT molecular complexity index is 310. The van der Waals surface area contributed by atoms with Crippen LogP contribution >= 0.6 is 39.1 Å². The summed E-state index contributed by atoms with van der Waals surface area (Å²) in [6.45, 7) is 4.15. The van der Waals surface area contributed by atoms with E-state index in [1.165, 1.54) is 0 Å². The van der Waals surface area contributed by atoms with Gasteiger partial charge in [-0.2, -0.15) is 0 Å². The molecular weight excluding hydrogens is 283 g/mol. The van der Waals surface area contributed by atoms with E-state index in [1.807, 2.05) is 25.1 Å². The van der Waals surface area contributed by atoms with Crippen LogP contribution in [0.25, 0.3) is 0 Å². The van der Waals surface area contributed by atoms with Crippen LogP contribution in [-0.2, 0) is 6.42 Å². The van der Waals surface area contributed by atoms with Crippen molar-refractivity contribution in [2.75, 3.05) is 0 Å². The first-order valence-corrected chi connectivity index (χ1v) is 6.19. The van der Waals surface area contributed by atoms with E-state index >= 15 is 0 Å². The van der Waals surface area contributed by atoms with Crippen LogP contribution in [0.2, 0.25) is 5.02 Å². The summed E-state index contributed by atoms with van der Waals surface area (Å²) in [7, 11) is 0. The Morgan fingerprint density at radius 1 is 1.36 bits per heavy atom. The molecule has 0 nitrogen and oxygen atoms in total. The van der Waals surface area contributed by atoms with Crippen LogP contribution in [0.5, 0.6) is 0 Å². The van der Waals surface area contributed by atoms with Crippen molar-refractivity contribution in [3.63, 3.8) is 0 Å². The molecule has 14 heavy (non-hydrogen) atoms. The van der Waals surface area contributed by atoms with Crippen molar-refractivity contribution >= 4 is 39.1 Å². The fourth-order valence-electron chi connectivity index (χ4n) is 1.20. The smallest absolute Gasteiger partial charge is 0.0449 e. The molecule has 0 N–H and O–H groups in total. The first-order valence-electron chi connectivity index (χ1n) is 4.58. The topological polar surface area (TPSA) is 0 Å². The van der Waals surface area contributed by atoms with Crippen LogP contribution in [0.15, 0.2) is 22.7 Å². The van der Waals surface area contributed by atoms with Crippen molar-refractivity contribution < 1.29 is 0 Å². The molecule has 1 rings (SSSR count). The van der Waals surface area contributed by atoms with Crippen LogP contribution in [0.4, 0.5) is 0 Å². The average molecular weight is 296 g/mol. The summed E-state index contributed by atoms with van der Waals surface area (Å²) in [6.07, 6.45) is 0.927. The monoisotopic (exact) mass is 294 g/mol. The molecule has 0 bridgehead atoms. The van der Waals surface area contributed by atoms with Crippen molar-refractivity contribution in [3.05, 3.63) is 33.3 Å². The molecule has 78 valence electrons. The highest BCUT2D eigenvalue weighted by Crippen LogP contribution is 2.25.